The van der Waals surface area contributed by atoms with Crippen molar-refractivity contribution in [3.05, 3.63) is 40.7 Å². The monoisotopic (exact) mass is 364 g/mol. The number of nitrogens with zero attached hydrogens (tertiary/aromatic N) is 3. The number of rotatable bonds is 6. The Morgan fingerprint density at radius 3 is 2.96 bits per heavy atom. The molecular weight excluding hydrogens is 344 g/mol. The Hall–Kier alpha value is -1.66. The van der Waals surface area contributed by atoms with E-state index in [1.165, 1.54) is 11.5 Å². The third-order valence-corrected chi connectivity index (χ3v) is 5.13. The highest BCUT2D eigenvalue weighted by atomic mass is 35.5. The second kappa shape index (κ2) is 7.94. The van der Waals surface area contributed by atoms with E-state index in [4.69, 9.17) is 11.6 Å². The van der Waals surface area contributed by atoms with E-state index in [9.17, 15) is 4.79 Å². The van der Waals surface area contributed by atoms with Crippen molar-refractivity contribution in [1.29, 1.82) is 0 Å². The van der Waals surface area contributed by atoms with E-state index in [0.717, 1.165) is 53.9 Å². The molecule has 1 atom stereocenters. The van der Waals surface area contributed by atoms with E-state index < -0.39 is 0 Å². The lowest BCUT2D eigenvalue weighted by atomic mass is 10.1. The minimum Gasteiger partial charge on any atom is -0.354 e. The zero-order chi connectivity index (χ0) is 16.9. The van der Waals surface area contributed by atoms with E-state index in [-0.39, 0.29) is 11.9 Å². The molecule has 1 aromatic heterocycles. The van der Waals surface area contributed by atoms with Crippen molar-refractivity contribution in [3.63, 3.8) is 0 Å². The Morgan fingerprint density at radius 1 is 1.42 bits per heavy atom. The molecule has 1 amide bonds. The predicted octanol–water partition coefficient (Wildman–Crippen LogP) is 3.28. The zero-order valence-electron chi connectivity index (χ0n) is 13.7. The summed E-state index contributed by atoms with van der Waals surface area (Å²) in [6.45, 7) is 3.64. The van der Waals surface area contributed by atoms with Crippen molar-refractivity contribution < 1.29 is 4.79 Å². The summed E-state index contributed by atoms with van der Waals surface area (Å²) < 4.78 is 4.46. The van der Waals surface area contributed by atoms with Crippen molar-refractivity contribution >= 4 is 34.2 Å². The Balaban J connectivity index is 1.67. The van der Waals surface area contributed by atoms with E-state index >= 15 is 0 Å². The first-order chi connectivity index (χ1) is 11.7. The van der Waals surface area contributed by atoms with Crippen molar-refractivity contribution in [2.75, 3.05) is 18.0 Å². The molecule has 0 saturated carbocycles. The van der Waals surface area contributed by atoms with Crippen LogP contribution in [-0.4, -0.2) is 34.4 Å². The Morgan fingerprint density at radius 2 is 2.21 bits per heavy atom. The summed E-state index contributed by atoms with van der Waals surface area (Å²) in [5.74, 6) is 0.890. The Labute approximate surface area is 151 Å². The molecule has 1 aliphatic rings. The quantitative estimate of drug-likeness (QED) is 0.854. The van der Waals surface area contributed by atoms with Gasteiger partial charge in [0.15, 0.2) is 0 Å². The largest absolute Gasteiger partial charge is 0.354 e. The van der Waals surface area contributed by atoms with Crippen LogP contribution in [0.15, 0.2) is 24.3 Å². The standard InChI is InChI=1S/C17H21ClN4OS/c1-2-9-19-16(23)14-4-3-10-22(14)17-20-15(21-24-17)11-12-5-7-13(18)8-6-12/h5-8,14H,2-4,9-11H2,1H3,(H,19,23)/t14-/m1/s1. The summed E-state index contributed by atoms with van der Waals surface area (Å²) in [5, 5.41) is 4.56. The van der Waals surface area contributed by atoms with Gasteiger partial charge in [0.05, 0.1) is 0 Å². The maximum atomic E-state index is 12.3. The molecule has 0 radical (unpaired) electrons. The highest BCUT2D eigenvalue weighted by molar-refractivity contribution is 7.09. The van der Waals surface area contributed by atoms with Crippen LogP contribution in [0.3, 0.4) is 0 Å². The first kappa shape index (κ1) is 17.2. The van der Waals surface area contributed by atoms with Crippen LogP contribution in [0.1, 0.15) is 37.6 Å². The van der Waals surface area contributed by atoms with Gasteiger partial charge in [0.2, 0.25) is 11.0 Å². The lowest BCUT2D eigenvalue weighted by molar-refractivity contribution is -0.122. The molecule has 128 valence electrons. The molecule has 0 bridgehead atoms. The number of amides is 1. The zero-order valence-corrected chi connectivity index (χ0v) is 15.2. The molecule has 1 N–H and O–H groups in total. The maximum Gasteiger partial charge on any atom is 0.242 e. The summed E-state index contributed by atoms with van der Waals surface area (Å²) in [7, 11) is 0. The first-order valence-corrected chi connectivity index (χ1v) is 9.44. The first-order valence-electron chi connectivity index (χ1n) is 8.28. The van der Waals surface area contributed by atoms with Gasteiger partial charge in [0, 0.05) is 36.1 Å². The Kier molecular flexibility index (Phi) is 5.68. The average Bonchev–Trinajstić information content (AvgIpc) is 3.23. The minimum absolute atomic E-state index is 0.101. The molecule has 2 aromatic rings. The van der Waals surface area contributed by atoms with Crippen LogP contribution in [0.5, 0.6) is 0 Å². The molecule has 1 fully saturated rings. The summed E-state index contributed by atoms with van der Waals surface area (Å²) in [4.78, 5) is 19.0. The van der Waals surface area contributed by atoms with Gasteiger partial charge in [-0.2, -0.15) is 4.37 Å². The summed E-state index contributed by atoms with van der Waals surface area (Å²) in [6.07, 6.45) is 3.51. The van der Waals surface area contributed by atoms with E-state index in [0.29, 0.717) is 6.42 Å². The van der Waals surface area contributed by atoms with E-state index in [1.807, 2.05) is 24.3 Å². The topological polar surface area (TPSA) is 58.1 Å². The number of benzene rings is 1. The average molecular weight is 365 g/mol. The molecule has 24 heavy (non-hydrogen) atoms. The van der Waals surface area contributed by atoms with Crippen LogP contribution >= 0.6 is 23.1 Å². The fourth-order valence-electron chi connectivity index (χ4n) is 2.85. The SMILES string of the molecule is CCCNC(=O)[C@H]1CCCN1c1nc(Cc2ccc(Cl)cc2)ns1. The fraction of sp³-hybridized carbons (Fsp3) is 0.471. The second-order valence-electron chi connectivity index (χ2n) is 5.94. The third kappa shape index (κ3) is 4.05. The van der Waals surface area contributed by atoms with Gasteiger partial charge in [-0.1, -0.05) is 30.7 Å². The van der Waals surface area contributed by atoms with Crippen LogP contribution in [-0.2, 0) is 11.2 Å². The number of carbonyl (C=O) groups excluding carboxylic acids is 1. The maximum absolute atomic E-state index is 12.3. The number of nitrogens with one attached hydrogen (secondary N) is 1. The molecule has 1 aliphatic heterocycles. The van der Waals surface area contributed by atoms with Crippen LogP contribution in [0.4, 0.5) is 5.13 Å². The summed E-state index contributed by atoms with van der Waals surface area (Å²) in [5.41, 5.74) is 1.13. The lowest BCUT2D eigenvalue weighted by Gasteiger charge is -2.22. The number of aromatic nitrogens is 2. The van der Waals surface area contributed by atoms with Gasteiger partial charge in [-0.05, 0) is 37.0 Å². The highest BCUT2D eigenvalue weighted by Gasteiger charge is 2.32. The van der Waals surface area contributed by atoms with Crippen molar-refractivity contribution in [2.45, 2.75) is 38.6 Å². The molecule has 1 saturated heterocycles. The van der Waals surface area contributed by atoms with Crippen molar-refractivity contribution in [1.82, 2.24) is 14.7 Å². The number of halogens is 1. The third-order valence-electron chi connectivity index (χ3n) is 4.08. The van der Waals surface area contributed by atoms with Gasteiger partial charge >= 0.3 is 0 Å². The number of anilines is 1. The predicted molar refractivity (Wildman–Crippen MR) is 97.8 cm³/mol. The van der Waals surface area contributed by atoms with Crippen LogP contribution in [0.25, 0.3) is 0 Å². The number of hydrogen-bond acceptors (Lipinski definition) is 5. The second-order valence-corrected chi connectivity index (χ2v) is 7.11. The Bertz CT molecular complexity index is 688. The molecule has 1 aromatic carbocycles. The molecule has 7 heteroatoms. The normalized spacial score (nSPS) is 17.2. The molecule has 5 nitrogen and oxygen atoms in total. The summed E-state index contributed by atoms with van der Waals surface area (Å²) in [6, 6.07) is 7.60. The summed E-state index contributed by atoms with van der Waals surface area (Å²) >= 11 is 7.29. The highest BCUT2D eigenvalue weighted by Crippen LogP contribution is 2.27. The van der Waals surface area contributed by atoms with Crippen LogP contribution in [0.2, 0.25) is 5.02 Å². The van der Waals surface area contributed by atoms with Crippen LogP contribution < -0.4 is 10.2 Å². The lowest BCUT2D eigenvalue weighted by Crippen LogP contribution is -2.43. The molecule has 0 spiro atoms. The molecular formula is C17H21ClN4OS. The molecule has 0 aliphatic carbocycles. The smallest absolute Gasteiger partial charge is 0.242 e. The van der Waals surface area contributed by atoms with Crippen LogP contribution in [0, 0.1) is 0 Å². The van der Waals surface area contributed by atoms with Gasteiger partial charge in [0.25, 0.3) is 0 Å². The van der Waals surface area contributed by atoms with Gasteiger partial charge in [0.1, 0.15) is 11.9 Å². The van der Waals surface area contributed by atoms with Gasteiger partial charge in [-0.25, -0.2) is 4.98 Å². The molecule has 3 rings (SSSR count). The van der Waals surface area contributed by atoms with E-state index in [1.54, 1.807) is 0 Å². The van der Waals surface area contributed by atoms with Gasteiger partial charge < -0.3 is 10.2 Å². The van der Waals surface area contributed by atoms with Crippen molar-refractivity contribution in [3.8, 4) is 0 Å². The number of hydrogen-bond donors (Lipinski definition) is 1. The van der Waals surface area contributed by atoms with Gasteiger partial charge in [-0.15, -0.1) is 0 Å². The molecule has 0 unspecified atom stereocenters. The number of carbonyl (C=O) groups is 1. The fourth-order valence-corrected chi connectivity index (χ4v) is 3.74. The van der Waals surface area contributed by atoms with Crippen molar-refractivity contribution in [2.24, 2.45) is 0 Å². The van der Waals surface area contributed by atoms with Gasteiger partial charge in [-0.3, -0.25) is 4.79 Å². The minimum atomic E-state index is -0.118. The molecule has 2 heterocycles. The van der Waals surface area contributed by atoms with E-state index in [2.05, 4.69) is 26.5 Å².